The molecular weight excluding hydrogens is 488 g/mol. The number of nitrogen functional groups attached to an aromatic ring is 1. The molecule has 3 N–H and O–H groups in total. The first-order valence-electron chi connectivity index (χ1n) is 8.42. The zero-order chi connectivity index (χ0) is 22.2. The fraction of sp³-hybridized carbons (Fsp3) is 0. The van der Waals surface area contributed by atoms with Crippen LogP contribution in [-0.4, -0.2) is 23.6 Å². The molecule has 160 valence electrons. The second kappa shape index (κ2) is 8.35. The van der Waals surface area contributed by atoms with Crippen LogP contribution in [0.3, 0.4) is 0 Å². The van der Waals surface area contributed by atoms with Crippen LogP contribution >= 0.6 is 34.5 Å². The highest BCUT2D eigenvalue weighted by Crippen LogP contribution is 2.37. The van der Waals surface area contributed by atoms with E-state index in [4.69, 9.17) is 33.8 Å². The number of nitrogens with zero attached hydrogens (tertiary/aromatic N) is 3. The Morgan fingerprint density at radius 2 is 1.87 bits per heavy atom. The standard InChI is InChI=1S/C18H12Cl2FN5O3S2/c19-10-2-4-15(12(5-10)13-7-24-25-18(13)22)29-26(17-8-30-9-23-17)31(27,28)16-6-11(20)1-3-14(16)21/h1-9H,(H3,22,24,25). The zero-order valence-electron chi connectivity index (χ0n) is 15.3. The maximum atomic E-state index is 14.4. The Balaban J connectivity index is 1.86. The molecule has 31 heavy (non-hydrogen) atoms. The second-order valence-electron chi connectivity index (χ2n) is 6.08. The first kappa shape index (κ1) is 21.4. The molecule has 0 aliphatic carbocycles. The van der Waals surface area contributed by atoms with Crippen LogP contribution < -0.4 is 15.0 Å². The quantitative estimate of drug-likeness (QED) is 0.370. The fourth-order valence-electron chi connectivity index (χ4n) is 2.67. The summed E-state index contributed by atoms with van der Waals surface area (Å²) in [5, 5.41) is 8.27. The average Bonchev–Trinajstić information content (AvgIpc) is 3.40. The molecule has 0 radical (unpaired) electrons. The number of rotatable bonds is 6. The van der Waals surface area contributed by atoms with Gasteiger partial charge in [0.25, 0.3) is 10.0 Å². The number of aromatic nitrogens is 3. The van der Waals surface area contributed by atoms with Gasteiger partial charge in [-0.25, -0.2) is 9.37 Å². The highest BCUT2D eigenvalue weighted by atomic mass is 35.5. The normalized spacial score (nSPS) is 11.5. The summed E-state index contributed by atoms with van der Waals surface area (Å²) in [4.78, 5) is 9.09. The van der Waals surface area contributed by atoms with Crippen molar-refractivity contribution in [3.63, 3.8) is 0 Å². The second-order valence-corrected chi connectivity index (χ2v) is 9.40. The van der Waals surface area contributed by atoms with Crippen molar-refractivity contribution in [1.29, 1.82) is 0 Å². The van der Waals surface area contributed by atoms with Gasteiger partial charge >= 0.3 is 0 Å². The Bertz CT molecular complexity index is 1350. The molecule has 0 bridgehead atoms. The third-order valence-corrected chi connectivity index (χ3v) is 6.69. The minimum absolute atomic E-state index is 0.0385. The largest absolute Gasteiger partial charge is 0.384 e. The van der Waals surface area contributed by atoms with Gasteiger partial charge in [0.1, 0.15) is 16.5 Å². The maximum Gasteiger partial charge on any atom is 0.299 e. The SMILES string of the molecule is Nc1[nH]ncc1-c1cc(Cl)ccc1ON(c1cscn1)S(=O)(=O)c1cc(Cl)ccc1F. The van der Waals surface area contributed by atoms with E-state index in [1.165, 1.54) is 41.4 Å². The molecule has 0 spiro atoms. The predicted octanol–water partition coefficient (Wildman–Crippen LogP) is 4.75. The Labute approximate surface area is 190 Å². The number of sulfonamides is 1. The topological polar surface area (TPSA) is 114 Å². The number of anilines is 2. The first-order valence-corrected chi connectivity index (χ1v) is 11.6. The molecule has 0 saturated carbocycles. The summed E-state index contributed by atoms with van der Waals surface area (Å²) in [7, 11) is -4.57. The molecule has 4 rings (SSSR count). The van der Waals surface area contributed by atoms with Crippen molar-refractivity contribution in [2.45, 2.75) is 4.90 Å². The lowest BCUT2D eigenvalue weighted by Gasteiger charge is -2.23. The molecule has 0 saturated heterocycles. The average molecular weight is 500 g/mol. The zero-order valence-corrected chi connectivity index (χ0v) is 18.4. The molecule has 0 aliphatic heterocycles. The molecule has 0 aliphatic rings. The van der Waals surface area contributed by atoms with Gasteiger partial charge in [0.15, 0.2) is 11.6 Å². The van der Waals surface area contributed by atoms with E-state index in [-0.39, 0.29) is 22.4 Å². The van der Waals surface area contributed by atoms with Gasteiger partial charge in [-0.3, -0.25) is 5.10 Å². The summed E-state index contributed by atoms with van der Waals surface area (Å²) in [6.45, 7) is 0. The summed E-state index contributed by atoms with van der Waals surface area (Å²) in [5.74, 6) is -0.790. The van der Waals surface area contributed by atoms with Crippen molar-refractivity contribution in [3.05, 3.63) is 69.3 Å². The molecule has 13 heteroatoms. The Hall–Kier alpha value is -2.86. The van der Waals surface area contributed by atoms with Gasteiger partial charge < -0.3 is 10.6 Å². The van der Waals surface area contributed by atoms with Crippen LogP contribution in [0.4, 0.5) is 16.0 Å². The summed E-state index contributed by atoms with van der Waals surface area (Å²) in [6.07, 6.45) is 1.44. The van der Waals surface area contributed by atoms with E-state index in [1.54, 1.807) is 0 Å². The molecule has 2 aromatic carbocycles. The van der Waals surface area contributed by atoms with Crippen LogP contribution in [0.2, 0.25) is 10.0 Å². The Morgan fingerprint density at radius 3 is 2.55 bits per heavy atom. The minimum Gasteiger partial charge on any atom is -0.384 e. The molecule has 0 amide bonds. The van der Waals surface area contributed by atoms with Gasteiger partial charge in [0.05, 0.1) is 11.7 Å². The van der Waals surface area contributed by atoms with Crippen LogP contribution in [0.25, 0.3) is 11.1 Å². The van der Waals surface area contributed by atoms with Crippen LogP contribution in [0.5, 0.6) is 5.75 Å². The van der Waals surface area contributed by atoms with Gasteiger partial charge in [0, 0.05) is 26.6 Å². The van der Waals surface area contributed by atoms with Crippen LogP contribution in [0.15, 0.2) is 58.4 Å². The maximum absolute atomic E-state index is 14.4. The number of aromatic amines is 1. The van der Waals surface area contributed by atoms with Crippen molar-refractivity contribution in [2.75, 3.05) is 10.2 Å². The monoisotopic (exact) mass is 499 g/mol. The van der Waals surface area contributed by atoms with E-state index in [9.17, 15) is 12.8 Å². The summed E-state index contributed by atoms with van der Waals surface area (Å²) >= 11 is 13.1. The predicted molar refractivity (Wildman–Crippen MR) is 117 cm³/mol. The molecule has 8 nitrogen and oxygen atoms in total. The van der Waals surface area contributed by atoms with E-state index in [2.05, 4.69) is 15.2 Å². The van der Waals surface area contributed by atoms with Gasteiger partial charge in [-0.2, -0.15) is 13.5 Å². The number of nitrogens with one attached hydrogen (secondary N) is 1. The minimum atomic E-state index is -4.57. The Morgan fingerprint density at radius 1 is 1.13 bits per heavy atom. The van der Waals surface area contributed by atoms with Crippen LogP contribution in [-0.2, 0) is 10.0 Å². The third kappa shape index (κ3) is 4.17. The third-order valence-electron chi connectivity index (χ3n) is 4.08. The van der Waals surface area contributed by atoms with E-state index >= 15 is 0 Å². The van der Waals surface area contributed by atoms with Crippen LogP contribution in [0, 0.1) is 5.82 Å². The van der Waals surface area contributed by atoms with Gasteiger partial charge in [0.2, 0.25) is 0 Å². The highest BCUT2D eigenvalue weighted by molar-refractivity contribution is 7.92. The molecular formula is C18H12Cl2FN5O3S2. The van der Waals surface area contributed by atoms with Crippen molar-refractivity contribution in [3.8, 4) is 16.9 Å². The molecule has 2 aromatic heterocycles. The number of hydrogen-bond acceptors (Lipinski definition) is 7. The van der Waals surface area contributed by atoms with Crippen molar-refractivity contribution in [1.82, 2.24) is 15.2 Å². The first-order chi connectivity index (χ1) is 14.8. The molecule has 0 unspecified atom stereocenters. The summed E-state index contributed by atoms with van der Waals surface area (Å²) in [6, 6.07) is 7.67. The van der Waals surface area contributed by atoms with Crippen LogP contribution in [0.1, 0.15) is 0 Å². The summed E-state index contributed by atoms with van der Waals surface area (Å²) < 4.78 is 41.6. The van der Waals surface area contributed by atoms with Gasteiger partial charge in [-0.15, -0.1) is 11.3 Å². The van der Waals surface area contributed by atoms with E-state index in [0.717, 1.165) is 23.5 Å². The number of nitrogens with two attached hydrogens (primary N) is 1. The number of halogens is 3. The van der Waals surface area contributed by atoms with E-state index in [0.29, 0.717) is 20.6 Å². The Kier molecular flexibility index (Phi) is 5.75. The van der Waals surface area contributed by atoms with Crippen molar-refractivity contribution >= 4 is 56.2 Å². The van der Waals surface area contributed by atoms with Crippen molar-refractivity contribution < 1.29 is 17.6 Å². The molecule has 4 aromatic rings. The van der Waals surface area contributed by atoms with Gasteiger partial charge in [-0.1, -0.05) is 27.7 Å². The van der Waals surface area contributed by atoms with Crippen molar-refractivity contribution in [2.24, 2.45) is 0 Å². The molecule has 0 fully saturated rings. The van der Waals surface area contributed by atoms with E-state index < -0.39 is 20.7 Å². The smallest absolute Gasteiger partial charge is 0.299 e. The molecule has 2 heterocycles. The fourth-order valence-corrected chi connectivity index (χ4v) is 4.95. The highest BCUT2D eigenvalue weighted by Gasteiger charge is 2.33. The lowest BCUT2D eigenvalue weighted by molar-refractivity contribution is 0.335. The summed E-state index contributed by atoms with van der Waals surface area (Å²) in [5.41, 5.74) is 8.11. The van der Waals surface area contributed by atoms with E-state index in [1.807, 2.05) is 0 Å². The number of benzene rings is 2. The number of hydrogen-bond donors (Lipinski definition) is 2. The lowest BCUT2D eigenvalue weighted by atomic mass is 10.1. The number of H-pyrrole nitrogens is 1. The van der Waals surface area contributed by atoms with Gasteiger partial charge in [-0.05, 0) is 36.4 Å². The number of thiazole rings is 1. The molecule has 0 atom stereocenters. The lowest BCUT2D eigenvalue weighted by Crippen LogP contribution is -2.35.